The van der Waals surface area contributed by atoms with Crippen LogP contribution >= 0.6 is 0 Å². The zero-order chi connectivity index (χ0) is 5.11. The minimum Gasteiger partial charge on any atom is -0.693 e. The molecule has 0 aromatic heterocycles. The molecule has 0 spiro atoms. The summed E-state index contributed by atoms with van der Waals surface area (Å²) in [6, 6.07) is 0. The maximum Gasteiger partial charge on any atom is 0.121 e. The topological polar surface area (TPSA) is 26.0 Å². The standard InChI is InChI=1S/C4H8N2S.Y/c7-4-5-2-1-3-6-4;/h1-3H2,(H2,5,6,7);. The van der Waals surface area contributed by atoms with Gasteiger partial charge in [-0.3, -0.25) is 10.3 Å². The Kier molecular flexibility index (Phi) is 5.11. The van der Waals surface area contributed by atoms with E-state index < -0.39 is 0 Å². The van der Waals surface area contributed by atoms with Crippen molar-refractivity contribution in [2.45, 2.75) is 6.42 Å². The molecule has 1 radical (unpaired) electrons. The fourth-order valence-corrected chi connectivity index (χ4v) is 0.759. The van der Waals surface area contributed by atoms with Gasteiger partial charge in [-0.25, -0.2) is 0 Å². The predicted octanol–water partition coefficient (Wildman–Crippen LogP) is -2.04. The Morgan fingerprint density at radius 1 is 1.62 bits per heavy atom. The summed E-state index contributed by atoms with van der Waals surface area (Å²) in [6.45, 7) is 2.07. The Hall–Kier alpha value is 0.794. The molecule has 0 unspecified atom stereocenters. The maximum absolute atomic E-state index is 4.78. The van der Waals surface area contributed by atoms with Gasteiger partial charge >= 0.3 is 0 Å². The molecule has 2 N–H and O–H groups in total. The molecule has 0 atom stereocenters. The third kappa shape index (κ3) is 2.95. The van der Waals surface area contributed by atoms with E-state index in [0.29, 0.717) is 0 Å². The predicted molar refractivity (Wildman–Crippen MR) is 30.8 cm³/mol. The van der Waals surface area contributed by atoms with Gasteiger partial charge in [-0.1, -0.05) is 0 Å². The molecule has 1 heterocycles. The molecule has 4 heteroatoms. The summed E-state index contributed by atoms with van der Waals surface area (Å²) in [7, 11) is 0. The first kappa shape index (κ1) is 8.79. The second kappa shape index (κ2) is 4.65. The van der Waals surface area contributed by atoms with Crippen LogP contribution in [0.5, 0.6) is 0 Å². The second-order valence-corrected chi connectivity index (χ2v) is 1.94. The SMILES string of the molecule is [S-]C1=[NH+]CCCN1.[Y]. The number of nitrogens with one attached hydrogen (secondary N) is 2. The van der Waals surface area contributed by atoms with Gasteiger partial charge in [0.1, 0.15) is 5.17 Å². The van der Waals surface area contributed by atoms with Crippen molar-refractivity contribution in [2.24, 2.45) is 0 Å². The quantitative estimate of drug-likeness (QED) is 0.446. The molecule has 0 aromatic rings. The van der Waals surface area contributed by atoms with Gasteiger partial charge in [-0.2, -0.15) is 0 Å². The maximum atomic E-state index is 4.78. The summed E-state index contributed by atoms with van der Waals surface area (Å²) in [4.78, 5) is 3.00. The molecule has 1 rings (SSSR count). The van der Waals surface area contributed by atoms with Crippen LogP contribution in [0.1, 0.15) is 6.42 Å². The van der Waals surface area contributed by atoms with Crippen LogP contribution in [0.2, 0.25) is 0 Å². The van der Waals surface area contributed by atoms with E-state index in [9.17, 15) is 0 Å². The van der Waals surface area contributed by atoms with Gasteiger partial charge < -0.3 is 12.6 Å². The van der Waals surface area contributed by atoms with E-state index >= 15 is 0 Å². The molecule has 0 aromatic carbocycles. The van der Waals surface area contributed by atoms with Crippen molar-refractivity contribution in [1.29, 1.82) is 0 Å². The van der Waals surface area contributed by atoms with Gasteiger partial charge in [0.15, 0.2) is 0 Å². The van der Waals surface area contributed by atoms with Crippen LogP contribution < -0.4 is 10.3 Å². The summed E-state index contributed by atoms with van der Waals surface area (Å²) in [5.41, 5.74) is 0. The van der Waals surface area contributed by atoms with E-state index in [2.05, 4.69) is 10.3 Å². The summed E-state index contributed by atoms with van der Waals surface area (Å²) in [5.74, 6) is 0. The number of rotatable bonds is 0. The van der Waals surface area contributed by atoms with Crippen molar-refractivity contribution in [3.05, 3.63) is 0 Å². The van der Waals surface area contributed by atoms with Crippen molar-refractivity contribution in [3.63, 3.8) is 0 Å². The van der Waals surface area contributed by atoms with Crippen LogP contribution in [0.15, 0.2) is 0 Å². The van der Waals surface area contributed by atoms with Crippen molar-refractivity contribution in [3.8, 4) is 0 Å². The van der Waals surface area contributed by atoms with Crippen molar-refractivity contribution in [2.75, 3.05) is 13.1 Å². The van der Waals surface area contributed by atoms with E-state index in [4.69, 9.17) is 12.6 Å². The van der Waals surface area contributed by atoms with Crippen molar-refractivity contribution in [1.82, 2.24) is 5.32 Å². The molecule has 0 bridgehead atoms. The number of hydrogen-bond acceptors (Lipinski definition) is 2. The molecular formula is C4H8N2SY. The average molecular weight is 205 g/mol. The molecule has 1 aliphatic rings. The van der Waals surface area contributed by atoms with Gasteiger partial charge in [0.2, 0.25) is 0 Å². The van der Waals surface area contributed by atoms with E-state index in [1.165, 1.54) is 6.42 Å². The first-order chi connectivity index (χ1) is 3.39. The Bertz CT molecular complexity index is 94.0. The van der Waals surface area contributed by atoms with Crippen LogP contribution in [0, 0.1) is 0 Å². The van der Waals surface area contributed by atoms with Crippen molar-refractivity contribution < 1.29 is 37.7 Å². The molecule has 43 valence electrons. The fraction of sp³-hybridized carbons (Fsp3) is 0.750. The van der Waals surface area contributed by atoms with Crippen molar-refractivity contribution >= 4 is 17.8 Å². The zero-order valence-electron chi connectivity index (χ0n) is 4.61. The molecular weight excluding hydrogens is 197 g/mol. The fourth-order valence-electron chi connectivity index (χ4n) is 0.555. The van der Waals surface area contributed by atoms with E-state index in [-0.39, 0.29) is 32.7 Å². The summed E-state index contributed by atoms with van der Waals surface area (Å²) in [5, 5.41) is 3.80. The van der Waals surface area contributed by atoms with Gasteiger partial charge in [0, 0.05) is 39.1 Å². The Morgan fingerprint density at radius 3 is 2.62 bits per heavy atom. The molecule has 2 nitrogen and oxygen atoms in total. The Morgan fingerprint density at radius 2 is 2.38 bits per heavy atom. The number of amidine groups is 1. The summed E-state index contributed by atoms with van der Waals surface area (Å²) in [6.07, 6.45) is 1.18. The third-order valence-electron chi connectivity index (χ3n) is 0.925. The molecule has 0 saturated heterocycles. The van der Waals surface area contributed by atoms with Crippen LogP contribution in [0.4, 0.5) is 0 Å². The van der Waals surface area contributed by atoms with Crippen LogP contribution in [0.3, 0.4) is 0 Å². The minimum absolute atomic E-state index is 0. The van der Waals surface area contributed by atoms with Crippen LogP contribution in [-0.2, 0) is 45.3 Å². The van der Waals surface area contributed by atoms with Gasteiger partial charge in [0.05, 0.1) is 13.1 Å². The first-order valence-electron chi connectivity index (χ1n) is 2.41. The minimum atomic E-state index is 0. The Balaban J connectivity index is 0.000000490. The zero-order valence-corrected chi connectivity index (χ0v) is 8.26. The van der Waals surface area contributed by atoms with Gasteiger partial charge in [0.25, 0.3) is 0 Å². The first-order valence-corrected chi connectivity index (χ1v) is 2.82. The van der Waals surface area contributed by atoms with Gasteiger partial charge in [-0.05, 0) is 0 Å². The third-order valence-corrected chi connectivity index (χ3v) is 1.21. The normalized spacial score (nSPS) is 17.8. The smallest absolute Gasteiger partial charge is 0.121 e. The number of hydrogen-bond donors (Lipinski definition) is 2. The molecule has 8 heavy (non-hydrogen) atoms. The molecule has 1 aliphatic heterocycles. The monoisotopic (exact) mass is 205 g/mol. The largest absolute Gasteiger partial charge is 0.693 e. The molecule has 0 amide bonds. The van der Waals surface area contributed by atoms with E-state index in [1.54, 1.807) is 0 Å². The molecule has 0 saturated carbocycles. The van der Waals surface area contributed by atoms with Crippen LogP contribution in [0.25, 0.3) is 0 Å². The Labute approximate surface area is 79.8 Å². The van der Waals surface area contributed by atoms with E-state index in [0.717, 1.165) is 18.3 Å². The summed E-state index contributed by atoms with van der Waals surface area (Å²) < 4.78 is 0. The molecule has 0 aliphatic carbocycles. The van der Waals surface area contributed by atoms with Gasteiger partial charge in [-0.15, -0.1) is 0 Å². The average Bonchev–Trinajstić information content (AvgIpc) is 1.69. The molecule has 0 fully saturated rings. The summed E-state index contributed by atoms with van der Waals surface area (Å²) >= 11 is 4.78. The second-order valence-electron chi connectivity index (χ2n) is 1.54. The van der Waals surface area contributed by atoms with E-state index in [1.807, 2.05) is 0 Å². The van der Waals surface area contributed by atoms with Crippen LogP contribution in [-0.4, -0.2) is 18.3 Å².